The van der Waals surface area contributed by atoms with Gasteiger partial charge in [0.25, 0.3) is 0 Å². The minimum absolute atomic E-state index is 0.110. The van der Waals surface area contributed by atoms with Crippen LogP contribution in [0, 0.1) is 0 Å². The van der Waals surface area contributed by atoms with Gasteiger partial charge in [-0.15, -0.1) is 0 Å². The number of benzene rings is 1. The van der Waals surface area contributed by atoms with Crippen LogP contribution in [-0.4, -0.2) is 41.9 Å². The highest BCUT2D eigenvalue weighted by molar-refractivity contribution is 6.42. The molecule has 0 atom stereocenters. The van der Waals surface area contributed by atoms with Crippen molar-refractivity contribution >= 4 is 40.7 Å². The summed E-state index contributed by atoms with van der Waals surface area (Å²) >= 11 is 11.8. The third kappa shape index (κ3) is 7.68. The maximum Gasteiger partial charge on any atom is 0.238 e. The van der Waals surface area contributed by atoms with Crippen LogP contribution in [0.2, 0.25) is 10.0 Å². The van der Waals surface area contributed by atoms with Crippen LogP contribution in [0.4, 0.5) is 5.69 Å². The number of hydrogen-bond donors (Lipinski definition) is 2. The van der Waals surface area contributed by atoms with E-state index in [0.717, 1.165) is 0 Å². The number of anilines is 1. The van der Waals surface area contributed by atoms with E-state index in [-0.39, 0.29) is 30.4 Å². The first-order valence-corrected chi connectivity index (χ1v) is 8.14. The summed E-state index contributed by atoms with van der Waals surface area (Å²) in [4.78, 5) is 25.8. The molecule has 0 aliphatic carbocycles. The lowest BCUT2D eigenvalue weighted by Gasteiger charge is -2.24. The normalized spacial score (nSPS) is 11.4. The van der Waals surface area contributed by atoms with E-state index < -0.39 is 0 Å². The Kier molecular flexibility index (Phi) is 7.32. The predicted molar refractivity (Wildman–Crippen MR) is 95.1 cm³/mol. The van der Waals surface area contributed by atoms with Gasteiger partial charge in [-0.05, 0) is 45.5 Å². The molecule has 0 saturated heterocycles. The van der Waals surface area contributed by atoms with Crippen molar-refractivity contribution in [2.45, 2.75) is 33.2 Å². The smallest absolute Gasteiger partial charge is 0.238 e. The molecule has 1 rings (SSSR count). The first-order valence-electron chi connectivity index (χ1n) is 7.39. The van der Waals surface area contributed by atoms with Gasteiger partial charge >= 0.3 is 0 Å². The van der Waals surface area contributed by atoms with Gasteiger partial charge in [0.05, 0.1) is 23.1 Å². The van der Waals surface area contributed by atoms with E-state index in [2.05, 4.69) is 10.6 Å². The zero-order chi connectivity index (χ0) is 17.6. The van der Waals surface area contributed by atoms with Crippen LogP contribution < -0.4 is 10.6 Å². The summed E-state index contributed by atoms with van der Waals surface area (Å²) < 4.78 is 0. The van der Waals surface area contributed by atoms with Crippen LogP contribution in [0.25, 0.3) is 0 Å². The molecule has 0 unspecified atom stereocenters. The molecular weight excluding hydrogens is 337 g/mol. The number of nitrogens with zero attached hydrogens (tertiary/aromatic N) is 1. The Hall–Kier alpha value is -1.30. The van der Waals surface area contributed by atoms with Crippen molar-refractivity contribution in [3.05, 3.63) is 28.2 Å². The van der Waals surface area contributed by atoms with Crippen LogP contribution in [0.1, 0.15) is 27.7 Å². The lowest BCUT2D eigenvalue weighted by molar-refractivity contribution is -0.124. The van der Waals surface area contributed by atoms with E-state index >= 15 is 0 Å². The average molecular weight is 360 g/mol. The predicted octanol–water partition coefficient (Wildman–Crippen LogP) is 3.17. The molecule has 7 heteroatoms. The van der Waals surface area contributed by atoms with Crippen LogP contribution in [-0.2, 0) is 9.59 Å². The molecule has 5 nitrogen and oxygen atoms in total. The van der Waals surface area contributed by atoms with Crippen LogP contribution in [0.3, 0.4) is 0 Å². The van der Waals surface area contributed by atoms with Crippen molar-refractivity contribution in [3.63, 3.8) is 0 Å². The average Bonchev–Trinajstić information content (AvgIpc) is 2.40. The van der Waals surface area contributed by atoms with E-state index in [1.165, 1.54) is 0 Å². The summed E-state index contributed by atoms with van der Waals surface area (Å²) in [5.41, 5.74) is 0.276. The van der Waals surface area contributed by atoms with Crippen LogP contribution in [0.5, 0.6) is 0 Å². The molecule has 128 valence electrons. The van der Waals surface area contributed by atoms with E-state index in [4.69, 9.17) is 23.2 Å². The number of likely N-dealkylation sites (N-methyl/N-ethyl adjacent to an activating group) is 1. The van der Waals surface area contributed by atoms with Crippen molar-refractivity contribution in [3.8, 4) is 0 Å². The molecule has 0 aliphatic rings. The SMILES string of the molecule is CCN(CC(=O)Nc1ccc(Cl)c(Cl)c1)CC(=O)NC(C)(C)C. The van der Waals surface area contributed by atoms with E-state index in [1.54, 1.807) is 23.1 Å². The van der Waals surface area contributed by atoms with Gasteiger partial charge in [0.15, 0.2) is 0 Å². The Morgan fingerprint density at radius 3 is 2.22 bits per heavy atom. The first kappa shape index (κ1) is 19.7. The fourth-order valence-corrected chi connectivity index (χ4v) is 2.22. The quantitative estimate of drug-likeness (QED) is 0.819. The minimum atomic E-state index is -0.293. The lowest BCUT2D eigenvalue weighted by atomic mass is 10.1. The molecule has 2 N–H and O–H groups in total. The molecule has 0 saturated carbocycles. The molecule has 0 radical (unpaired) electrons. The Morgan fingerprint density at radius 1 is 1.09 bits per heavy atom. The Morgan fingerprint density at radius 2 is 1.70 bits per heavy atom. The fourth-order valence-electron chi connectivity index (χ4n) is 1.92. The second-order valence-electron chi connectivity index (χ2n) is 6.28. The van der Waals surface area contributed by atoms with E-state index in [0.29, 0.717) is 22.3 Å². The standard InChI is InChI=1S/C16H23Cl2N3O2/c1-5-21(10-15(23)20-16(2,3)4)9-14(22)19-11-6-7-12(17)13(18)8-11/h6-8H,5,9-10H2,1-4H3,(H,19,22)(H,20,23). The molecule has 0 bridgehead atoms. The van der Waals surface area contributed by atoms with Gasteiger partial charge in [-0.3, -0.25) is 14.5 Å². The number of nitrogens with one attached hydrogen (secondary N) is 2. The van der Waals surface area contributed by atoms with Gasteiger partial charge in [0, 0.05) is 11.2 Å². The summed E-state index contributed by atoms with van der Waals surface area (Å²) in [6.45, 7) is 8.52. The third-order valence-electron chi connectivity index (χ3n) is 2.90. The second kappa shape index (κ2) is 8.52. The summed E-state index contributed by atoms with van der Waals surface area (Å²) in [6.07, 6.45) is 0. The summed E-state index contributed by atoms with van der Waals surface area (Å²) in [7, 11) is 0. The molecule has 2 amide bonds. The van der Waals surface area contributed by atoms with Crippen molar-refractivity contribution in [2.24, 2.45) is 0 Å². The van der Waals surface area contributed by atoms with Crippen molar-refractivity contribution in [2.75, 3.05) is 25.0 Å². The number of rotatable bonds is 6. The van der Waals surface area contributed by atoms with Gasteiger partial charge in [0.2, 0.25) is 11.8 Å². The zero-order valence-corrected chi connectivity index (χ0v) is 15.4. The van der Waals surface area contributed by atoms with Gasteiger partial charge in [-0.1, -0.05) is 30.1 Å². The molecule has 0 aliphatic heterocycles. The van der Waals surface area contributed by atoms with Crippen LogP contribution in [0.15, 0.2) is 18.2 Å². The van der Waals surface area contributed by atoms with Gasteiger partial charge in [-0.25, -0.2) is 0 Å². The molecule has 0 spiro atoms. The molecule has 0 fully saturated rings. The minimum Gasteiger partial charge on any atom is -0.350 e. The first-order chi connectivity index (χ1) is 10.6. The number of carbonyl (C=O) groups is 2. The monoisotopic (exact) mass is 359 g/mol. The van der Waals surface area contributed by atoms with Gasteiger partial charge in [0.1, 0.15) is 0 Å². The zero-order valence-electron chi connectivity index (χ0n) is 13.9. The van der Waals surface area contributed by atoms with Gasteiger partial charge < -0.3 is 10.6 Å². The molecule has 1 aromatic rings. The number of hydrogen-bond acceptors (Lipinski definition) is 3. The number of carbonyl (C=O) groups excluding carboxylic acids is 2. The molecule has 0 aromatic heterocycles. The van der Waals surface area contributed by atoms with Crippen LogP contribution >= 0.6 is 23.2 Å². The summed E-state index contributed by atoms with van der Waals surface area (Å²) in [5.74, 6) is -0.324. The van der Waals surface area contributed by atoms with E-state index in [9.17, 15) is 9.59 Å². The largest absolute Gasteiger partial charge is 0.350 e. The Bertz CT molecular complexity index is 571. The molecule has 23 heavy (non-hydrogen) atoms. The number of halogens is 2. The maximum absolute atomic E-state index is 12.1. The third-order valence-corrected chi connectivity index (χ3v) is 3.64. The van der Waals surface area contributed by atoms with Gasteiger partial charge in [-0.2, -0.15) is 0 Å². The molecule has 1 aromatic carbocycles. The van der Waals surface area contributed by atoms with Crippen molar-refractivity contribution < 1.29 is 9.59 Å². The molecular formula is C16H23Cl2N3O2. The topological polar surface area (TPSA) is 61.4 Å². The summed E-state index contributed by atoms with van der Waals surface area (Å²) in [6, 6.07) is 4.88. The Labute approximate surface area is 147 Å². The summed E-state index contributed by atoms with van der Waals surface area (Å²) in [5, 5.41) is 6.42. The molecule has 0 heterocycles. The fraction of sp³-hybridized carbons (Fsp3) is 0.500. The number of amides is 2. The highest BCUT2D eigenvalue weighted by Crippen LogP contribution is 2.24. The second-order valence-corrected chi connectivity index (χ2v) is 7.09. The highest BCUT2D eigenvalue weighted by atomic mass is 35.5. The Balaban J connectivity index is 2.56. The maximum atomic E-state index is 12.1. The van der Waals surface area contributed by atoms with Crippen molar-refractivity contribution in [1.29, 1.82) is 0 Å². The highest BCUT2D eigenvalue weighted by Gasteiger charge is 2.17. The van der Waals surface area contributed by atoms with E-state index in [1.807, 2.05) is 27.7 Å². The lowest BCUT2D eigenvalue weighted by Crippen LogP contribution is -2.47. The van der Waals surface area contributed by atoms with Crippen molar-refractivity contribution in [1.82, 2.24) is 10.2 Å².